The zero-order chi connectivity index (χ0) is 13.7. The first kappa shape index (κ1) is 14.6. The van der Waals surface area contributed by atoms with Crippen LogP contribution < -0.4 is 5.32 Å². The number of hydrogen-bond donors (Lipinski definition) is 1. The van der Waals surface area contributed by atoms with Gasteiger partial charge < -0.3 is 5.32 Å². The minimum absolute atomic E-state index is 0.0720. The van der Waals surface area contributed by atoms with E-state index in [2.05, 4.69) is 40.3 Å². The fourth-order valence-corrected chi connectivity index (χ4v) is 3.30. The highest BCUT2D eigenvalue weighted by Crippen LogP contribution is 2.22. The van der Waals surface area contributed by atoms with Crippen molar-refractivity contribution in [1.29, 1.82) is 0 Å². The monoisotopic (exact) mass is 323 g/mol. The molecule has 19 heavy (non-hydrogen) atoms. The van der Waals surface area contributed by atoms with Crippen molar-refractivity contribution in [3.8, 4) is 0 Å². The zero-order valence-corrected chi connectivity index (χ0v) is 13.1. The van der Waals surface area contributed by atoms with Crippen molar-refractivity contribution < 1.29 is 4.79 Å². The zero-order valence-electron chi connectivity index (χ0n) is 11.5. The van der Waals surface area contributed by atoms with E-state index in [1.165, 1.54) is 24.0 Å². The molecule has 1 N–H and O–H groups in total. The summed E-state index contributed by atoms with van der Waals surface area (Å²) >= 11 is 3.46. The van der Waals surface area contributed by atoms with Gasteiger partial charge in [-0.2, -0.15) is 0 Å². The summed E-state index contributed by atoms with van der Waals surface area (Å²) < 4.78 is 0. The van der Waals surface area contributed by atoms with E-state index in [0.717, 1.165) is 36.7 Å². The Labute approximate surface area is 124 Å². The van der Waals surface area contributed by atoms with Crippen molar-refractivity contribution in [1.82, 2.24) is 5.32 Å². The van der Waals surface area contributed by atoms with Crippen LogP contribution in [0.3, 0.4) is 0 Å². The molecule has 1 unspecified atom stereocenters. The molecular formula is C16H22BrNO. The number of nitrogens with one attached hydrogen (secondary N) is 1. The van der Waals surface area contributed by atoms with E-state index in [0.29, 0.717) is 5.92 Å². The molecule has 0 bridgehead atoms. The summed E-state index contributed by atoms with van der Waals surface area (Å²) in [5, 5.41) is 4.07. The van der Waals surface area contributed by atoms with Gasteiger partial charge in [-0.25, -0.2) is 0 Å². The predicted molar refractivity (Wildman–Crippen MR) is 83.0 cm³/mol. The third kappa shape index (κ3) is 3.82. The molecule has 0 saturated heterocycles. The number of rotatable bonds is 6. The second-order valence-electron chi connectivity index (χ2n) is 5.30. The lowest BCUT2D eigenvalue weighted by Crippen LogP contribution is -2.29. The van der Waals surface area contributed by atoms with Crippen LogP contribution in [0.2, 0.25) is 0 Å². The van der Waals surface area contributed by atoms with Crippen molar-refractivity contribution in [2.75, 3.05) is 11.9 Å². The summed E-state index contributed by atoms with van der Waals surface area (Å²) in [6.45, 7) is 2.95. The van der Waals surface area contributed by atoms with Crippen LogP contribution in [-0.2, 0) is 12.8 Å². The van der Waals surface area contributed by atoms with E-state index >= 15 is 0 Å². The number of amides is 1. The van der Waals surface area contributed by atoms with Crippen LogP contribution in [0.1, 0.15) is 47.7 Å². The van der Waals surface area contributed by atoms with Gasteiger partial charge >= 0.3 is 0 Å². The summed E-state index contributed by atoms with van der Waals surface area (Å²) in [7, 11) is 0. The summed E-state index contributed by atoms with van der Waals surface area (Å²) in [5.74, 6) is 0.639. The Balaban J connectivity index is 1.92. The molecule has 2 rings (SSSR count). The number of fused-ring (bicyclic) bond motifs is 1. The number of carbonyl (C=O) groups is 1. The summed E-state index contributed by atoms with van der Waals surface area (Å²) in [6.07, 6.45) is 5.73. The Kier molecular flexibility index (Phi) is 5.44. The van der Waals surface area contributed by atoms with Crippen molar-refractivity contribution in [3.05, 3.63) is 34.9 Å². The van der Waals surface area contributed by atoms with Crippen LogP contribution in [0.15, 0.2) is 18.2 Å². The summed E-state index contributed by atoms with van der Waals surface area (Å²) in [5.41, 5.74) is 3.59. The Bertz CT molecular complexity index is 444. The lowest BCUT2D eigenvalue weighted by molar-refractivity contribution is 0.0946. The van der Waals surface area contributed by atoms with Gasteiger partial charge in [-0.05, 0) is 54.9 Å². The van der Waals surface area contributed by atoms with Crippen molar-refractivity contribution in [2.24, 2.45) is 5.92 Å². The van der Waals surface area contributed by atoms with Crippen LogP contribution in [0, 0.1) is 5.92 Å². The standard InChI is InChI=1S/C16H22BrNO/c1-2-12(8-9-17)11-18-16(19)15-7-6-13-4-3-5-14(13)10-15/h6-7,10,12H,2-5,8-9,11H2,1H3,(H,18,19). The van der Waals surface area contributed by atoms with Gasteiger partial charge in [0.1, 0.15) is 0 Å². The molecular weight excluding hydrogens is 302 g/mol. The Hall–Kier alpha value is -0.830. The molecule has 0 spiro atoms. The van der Waals surface area contributed by atoms with Crippen LogP contribution in [0.4, 0.5) is 0 Å². The minimum atomic E-state index is 0.0720. The third-order valence-electron chi connectivity index (χ3n) is 4.01. The number of hydrogen-bond acceptors (Lipinski definition) is 1. The average molecular weight is 324 g/mol. The topological polar surface area (TPSA) is 29.1 Å². The molecule has 0 aromatic heterocycles. The molecule has 1 aromatic rings. The van der Waals surface area contributed by atoms with Crippen LogP contribution in [-0.4, -0.2) is 17.8 Å². The molecule has 0 radical (unpaired) electrons. The highest BCUT2D eigenvalue weighted by Gasteiger charge is 2.14. The van der Waals surface area contributed by atoms with E-state index in [-0.39, 0.29) is 5.91 Å². The molecule has 104 valence electrons. The van der Waals surface area contributed by atoms with Crippen LogP contribution in [0.25, 0.3) is 0 Å². The highest BCUT2D eigenvalue weighted by molar-refractivity contribution is 9.09. The summed E-state index contributed by atoms with van der Waals surface area (Å²) in [4.78, 5) is 12.1. The smallest absolute Gasteiger partial charge is 0.251 e. The first-order valence-electron chi connectivity index (χ1n) is 7.20. The van der Waals surface area contributed by atoms with Gasteiger partial charge in [-0.1, -0.05) is 35.3 Å². The van der Waals surface area contributed by atoms with Crippen LogP contribution >= 0.6 is 15.9 Å². The third-order valence-corrected chi connectivity index (χ3v) is 4.46. The molecule has 1 amide bonds. The van der Waals surface area contributed by atoms with Gasteiger partial charge in [0.15, 0.2) is 0 Å². The molecule has 1 aliphatic carbocycles. The SMILES string of the molecule is CCC(CCBr)CNC(=O)c1ccc2c(c1)CCC2. The van der Waals surface area contributed by atoms with Gasteiger partial charge in [0.25, 0.3) is 5.91 Å². The molecule has 1 aliphatic rings. The number of alkyl halides is 1. The summed E-state index contributed by atoms with van der Waals surface area (Å²) in [6, 6.07) is 6.15. The molecule has 0 fully saturated rings. The Morgan fingerprint density at radius 3 is 2.89 bits per heavy atom. The van der Waals surface area contributed by atoms with Crippen LogP contribution in [0.5, 0.6) is 0 Å². The number of aryl methyl sites for hydroxylation is 2. The van der Waals surface area contributed by atoms with E-state index in [1.807, 2.05) is 6.07 Å². The quantitative estimate of drug-likeness (QED) is 0.794. The fourth-order valence-electron chi connectivity index (χ4n) is 2.66. The molecule has 2 nitrogen and oxygen atoms in total. The molecule has 1 atom stereocenters. The van der Waals surface area contributed by atoms with Gasteiger partial charge in [-0.3, -0.25) is 4.79 Å². The Morgan fingerprint density at radius 1 is 1.37 bits per heavy atom. The average Bonchev–Trinajstić information content (AvgIpc) is 2.90. The largest absolute Gasteiger partial charge is 0.352 e. The number of halogens is 1. The van der Waals surface area contributed by atoms with E-state index < -0.39 is 0 Å². The first-order chi connectivity index (χ1) is 9.24. The first-order valence-corrected chi connectivity index (χ1v) is 8.32. The Morgan fingerprint density at radius 2 is 2.16 bits per heavy atom. The highest BCUT2D eigenvalue weighted by atomic mass is 79.9. The number of carbonyl (C=O) groups excluding carboxylic acids is 1. The van der Waals surface area contributed by atoms with E-state index in [9.17, 15) is 4.79 Å². The lowest BCUT2D eigenvalue weighted by atomic mass is 10.0. The van der Waals surface area contributed by atoms with Crippen molar-refractivity contribution >= 4 is 21.8 Å². The molecule has 3 heteroatoms. The maximum absolute atomic E-state index is 12.1. The van der Waals surface area contributed by atoms with Gasteiger partial charge in [0.05, 0.1) is 0 Å². The maximum Gasteiger partial charge on any atom is 0.251 e. The second-order valence-corrected chi connectivity index (χ2v) is 6.09. The van der Waals surface area contributed by atoms with E-state index in [1.54, 1.807) is 0 Å². The molecule has 1 aromatic carbocycles. The maximum atomic E-state index is 12.1. The fraction of sp³-hybridized carbons (Fsp3) is 0.562. The van der Waals surface area contributed by atoms with E-state index in [4.69, 9.17) is 0 Å². The van der Waals surface area contributed by atoms with Gasteiger partial charge in [-0.15, -0.1) is 0 Å². The second kappa shape index (κ2) is 7.09. The molecule has 0 aliphatic heterocycles. The normalized spacial score (nSPS) is 15.1. The minimum Gasteiger partial charge on any atom is -0.352 e. The van der Waals surface area contributed by atoms with Crippen molar-refractivity contribution in [3.63, 3.8) is 0 Å². The lowest BCUT2D eigenvalue weighted by Gasteiger charge is -2.14. The molecule has 0 saturated carbocycles. The predicted octanol–water partition coefficient (Wildman–Crippen LogP) is 3.72. The molecule has 0 heterocycles. The van der Waals surface area contributed by atoms with Crippen molar-refractivity contribution in [2.45, 2.75) is 39.0 Å². The van der Waals surface area contributed by atoms with Gasteiger partial charge in [0, 0.05) is 17.4 Å². The van der Waals surface area contributed by atoms with Gasteiger partial charge in [0.2, 0.25) is 0 Å². The number of benzene rings is 1.